The number of halogens is 2. The van der Waals surface area contributed by atoms with Crippen molar-refractivity contribution in [2.75, 3.05) is 6.54 Å². The predicted octanol–water partition coefficient (Wildman–Crippen LogP) is 2.54. The van der Waals surface area contributed by atoms with Crippen molar-refractivity contribution >= 4 is 43.5 Å². The van der Waals surface area contributed by atoms with Crippen molar-refractivity contribution in [1.82, 2.24) is 10.0 Å². The van der Waals surface area contributed by atoms with E-state index in [4.69, 9.17) is 11.6 Å². The third-order valence-electron chi connectivity index (χ3n) is 5.67. The van der Waals surface area contributed by atoms with Crippen LogP contribution < -0.4 is 10.0 Å². The molecule has 0 saturated heterocycles. The normalized spacial score (nSPS) is 33.3. The lowest BCUT2D eigenvalue weighted by molar-refractivity contribution is -0.120. The molecule has 0 unspecified atom stereocenters. The zero-order valence-electron chi connectivity index (χ0n) is 12.8. The summed E-state index contributed by atoms with van der Waals surface area (Å²) in [6.45, 7) is -0.264. The van der Waals surface area contributed by atoms with Gasteiger partial charge in [0.1, 0.15) is 4.90 Å². The first-order valence-corrected chi connectivity index (χ1v) is 10.8. The molecule has 2 bridgehead atoms. The second-order valence-electron chi connectivity index (χ2n) is 6.98. The predicted molar refractivity (Wildman–Crippen MR) is 94.1 cm³/mol. The van der Waals surface area contributed by atoms with Gasteiger partial charge >= 0.3 is 0 Å². The van der Waals surface area contributed by atoms with Crippen molar-refractivity contribution in [3.63, 3.8) is 0 Å². The number of carbonyl (C=O) groups excluding carboxylic acids is 1. The molecule has 1 amide bonds. The number of fused-ring (bicyclic) bond motifs is 5. The van der Waals surface area contributed by atoms with E-state index in [1.54, 1.807) is 6.07 Å². The van der Waals surface area contributed by atoms with Crippen LogP contribution in [0.15, 0.2) is 27.6 Å². The van der Waals surface area contributed by atoms with Gasteiger partial charge in [0.05, 0.1) is 11.6 Å². The molecule has 3 fully saturated rings. The Hall–Kier alpha value is -0.630. The van der Waals surface area contributed by atoms with Crippen LogP contribution in [0, 0.1) is 23.7 Å². The standard InChI is InChI=1S/C16H18BrClN2O3S/c17-10-3-4-12(11(18)6-10)24(22,23)19-7-13(21)20-16-14-8-1-2-9(5-8)15(14)16/h3-4,6,8-9,14-16,19H,1-2,5,7H2,(H,20,21)/t8-,9-,14-,15-/m0/s1. The lowest BCUT2D eigenvalue weighted by Gasteiger charge is -2.12. The van der Waals surface area contributed by atoms with Gasteiger partial charge in [-0.1, -0.05) is 27.5 Å². The maximum absolute atomic E-state index is 12.3. The van der Waals surface area contributed by atoms with Crippen LogP contribution in [0.2, 0.25) is 5.02 Å². The zero-order valence-corrected chi connectivity index (χ0v) is 16.0. The van der Waals surface area contributed by atoms with E-state index in [0.717, 1.165) is 11.8 Å². The quantitative estimate of drug-likeness (QED) is 0.749. The molecule has 0 aromatic heterocycles. The molecule has 0 aliphatic heterocycles. The fourth-order valence-electron chi connectivity index (χ4n) is 4.69. The fourth-order valence-corrected chi connectivity index (χ4v) is 6.70. The van der Waals surface area contributed by atoms with Gasteiger partial charge in [-0.25, -0.2) is 13.1 Å². The molecular weight excluding hydrogens is 416 g/mol. The van der Waals surface area contributed by atoms with Crippen LogP contribution in [0.25, 0.3) is 0 Å². The Balaban J connectivity index is 1.34. The summed E-state index contributed by atoms with van der Waals surface area (Å²) in [4.78, 5) is 12.1. The zero-order chi connectivity index (χ0) is 17.1. The van der Waals surface area contributed by atoms with E-state index in [1.165, 1.54) is 31.4 Å². The number of rotatable bonds is 5. The van der Waals surface area contributed by atoms with E-state index in [2.05, 4.69) is 26.0 Å². The van der Waals surface area contributed by atoms with Crippen molar-refractivity contribution in [3.8, 4) is 0 Å². The van der Waals surface area contributed by atoms with Gasteiger partial charge in [0.15, 0.2) is 0 Å². The number of hydrogen-bond donors (Lipinski definition) is 2. The molecule has 1 aromatic rings. The van der Waals surface area contributed by atoms with Gasteiger partial charge in [-0.15, -0.1) is 0 Å². The largest absolute Gasteiger partial charge is 0.352 e. The molecule has 2 N–H and O–H groups in total. The molecule has 130 valence electrons. The van der Waals surface area contributed by atoms with E-state index >= 15 is 0 Å². The van der Waals surface area contributed by atoms with E-state index in [0.29, 0.717) is 16.3 Å². The van der Waals surface area contributed by atoms with Crippen LogP contribution in [-0.2, 0) is 14.8 Å². The van der Waals surface area contributed by atoms with Gasteiger partial charge in [-0.3, -0.25) is 4.79 Å². The smallest absolute Gasteiger partial charge is 0.242 e. The van der Waals surface area contributed by atoms with Crippen molar-refractivity contribution in [3.05, 3.63) is 27.7 Å². The third-order valence-corrected chi connectivity index (χ3v) is 8.05. The molecule has 3 saturated carbocycles. The molecule has 0 radical (unpaired) electrons. The Bertz CT molecular complexity index is 785. The topological polar surface area (TPSA) is 75.3 Å². The number of nitrogens with one attached hydrogen (secondary N) is 2. The first kappa shape index (κ1) is 16.8. The summed E-state index contributed by atoms with van der Waals surface area (Å²) in [6, 6.07) is 4.78. The number of amides is 1. The summed E-state index contributed by atoms with van der Waals surface area (Å²) < 4.78 is 27.6. The monoisotopic (exact) mass is 432 g/mol. The molecule has 5 nitrogen and oxygen atoms in total. The van der Waals surface area contributed by atoms with Crippen LogP contribution in [0.4, 0.5) is 0 Å². The molecule has 0 spiro atoms. The minimum Gasteiger partial charge on any atom is -0.352 e. The van der Waals surface area contributed by atoms with Gasteiger partial charge in [-0.2, -0.15) is 0 Å². The van der Waals surface area contributed by atoms with E-state index in [9.17, 15) is 13.2 Å². The Morgan fingerprint density at radius 3 is 2.54 bits per heavy atom. The van der Waals surface area contributed by atoms with Crippen LogP contribution in [0.3, 0.4) is 0 Å². The summed E-state index contributed by atoms with van der Waals surface area (Å²) in [5.74, 6) is 2.52. The summed E-state index contributed by atoms with van der Waals surface area (Å²) in [7, 11) is -3.81. The van der Waals surface area contributed by atoms with Crippen molar-refractivity contribution in [2.24, 2.45) is 23.7 Å². The van der Waals surface area contributed by atoms with E-state index in [1.807, 2.05) is 0 Å². The minimum absolute atomic E-state index is 0.0264. The summed E-state index contributed by atoms with van der Waals surface area (Å²) in [5, 5.41) is 3.11. The van der Waals surface area contributed by atoms with Gasteiger partial charge in [0.25, 0.3) is 0 Å². The number of carbonyl (C=O) groups is 1. The van der Waals surface area contributed by atoms with Gasteiger partial charge in [0, 0.05) is 10.5 Å². The molecule has 1 aromatic carbocycles. The maximum Gasteiger partial charge on any atom is 0.242 e. The van der Waals surface area contributed by atoms with Crippen molar-refractivity contribution in [1.29, 1.82) is 0 Å². The highest BCUT2D eigenvalue weighted by molar-refractivity contribution is 9.10. The van der Waals surface area contributed by atoms with Gasteiger partial charge in [-0.05, 0) is 61.1 Å². The Kier molecular flexibility index (Phi) is 4.18. The number of benzene rings is 1. The molecule has 4 atom stereocenters. The van der Waals surface area contributed by atoms with Crippen LogP contribution in [-0.4, -0.2) is 26.9 Å². The fraction of sp³-hybridized carbons (Fsp3) is 0.562. The molecule has 24 heavy (non-hydrogen) atoms. The first-order chi connectivity index (χ1) is 11.4. The highest BCUT2D eigenvalue weighted by Gasteiger charge is 2.65. The molecular formula is C16H18BrClN2O3S. The second-order valence-corrected chi connectivity index (χ2v) is 10.0. The van der Waals surface area contributed by atoms with Crippen LogP contribution in [0.1, 0.15) is 19.3 Å². The van der Waals surface area contributed by atoms with Crippen molar-refractivity contribution < 1.29 is 13.2 Å². The van der Waals surface area contributed by atoms with Crippen molar-refractivity contribution in [2.45, 2.75) is 30.2 Å². The number of hydrogen-bond acceptors (Lipinski definition) is 3. The second kappa shape index (κ2) is 5.97. The third kappa shape index (κ3) is 2.89. The lowest BCUT2D eigenvalue weighted by atomic mass is 10.0. The summed E-state index contributed by atoms with van der Waals surface area (Å²) in [6.07, 6.45) is 3.89. The summed E-state index contributed by atoms with van der Waals surface area (Å²) in [5.41, 5.74) is 0. The Morgan fingerprint density at radius 2 is 1.92 bits per heavy atom. The highest BCUT2D eigenvalue weighted by atomic mass is 79.9. The van der Waals surface area contributed by atoms with Crippen LogP contribution >= 0.6 is 27.5 Å². The highest BCUT2D eigenvalue weighted by Crippen LogP contribution is 2.65. The average molecular weight is 434 g/mol. The molecule has 8 heteroatoms. The van der Waals surface area contributed by atoms with E-state index in [-0.39, 0.29) is 28.4 Å². The van der Waals surface area contributed by atoms with Gasteiger partial charge in [0.2, 0.25) is 15.9 Å². The first-order valence-electron chi connectivity index (χ1n) is 8.11. The van der Waals surface area contributed by atoms with Gasteiger partial charge < -0.3 is 5.32 Å². The molecule has 0 heterocycles. The Morgan fingerprint density at radius 1 is 1.25 bits per heavy atom. The van der Waals surface area contributed by atoms with Crippen LogP contribution in [0.5, 0.6) is 0 Å². The number of sulfonamides is 1. The average Bonchev–Trinajstić information content (AvgIpc) is 2.90. The SMILES string of the molecule is O=C(CNS(=O)(=O)c1ccc(Br)cc1Cl)NC1[C@H]2[C@H]3CC[C@@H](C3)[C@H]12. The lowest BCUT2D eigenvalue weighted by Crippen LogP contribution is -2.39. The molecule has 4 rings (SSSR count). The maximum atomic E-state index is 12.3. The molecule has 3 aliphatic carbocycles. The molecule has 3 aliphatic rings. The van der Waals surface area contributed by atoms with E-state index < -0.39 is 10.0 Å². The minimum atomic E-state index is -3.81. The Labute approximate surface area is 154 Å². The summed E-state index contributed by atoms with van der Waals surface area (Å²) >= 11 is 9.21.